The zero-order valence-corrected chi connectivity index (χ0v) is 22.1. The van der Waals surface area contributed by atoms with Crippen LogP contribution in [0.2, 0.25) is 10.0 Å². The van der Waals surface area contributed by atoms with Gasteiger partial charge in [-0.05, 0) is 42.0 Å². The number of hydrogen-bond donors (Lipinski definition) is 3. The Hall–Kier alpha value is -3.92. The average Bonchev–Trinajstić information content (AvgIpc) is 2.88. The van der Waals surface area contributed by atoms with Crippen molar-refractivity contribution in [2.45, 2.75) is 19.0 Å². The highest BCUT2D eigenvalue weighted by atomic mass is 35.5. The van der Waals surface area contributed by atoms with Crippen LogP contribution in [-0.4, -0.2) is 39.2 Å². The van der Waals surface area contributed by atoms with E-state index in [2.05, 4.69) is 5.32 Å². The van der Waals surface area contributed by atoms with E-state index < -0.39 is 29.2 Å². The number of hydrogen-bond acceptors (Lipinski definition) is 4. The summed E-state index contributed by atoms with van der Waals surface area (Å²) in [4.78, 5) is 50.9. The molecule has 38 heavy (non-hydrogen) atoms. The maximum absolute atomic E-state index is 13.3. The second-order valence-corrected chi connectivity index (χ2v) is 9.59. The third kappa shape index (κ3) is 5.35. The van der Waals surface area contributed by atoms with Crippen LogP contribution in [0.25, 0.3) is 16.6 Å². The van der Waals surface area contributed by atoms with Gasteiger partial charge in [0, 0.05) is 19.0 Å². The number of rotatable bonds is 8. The highest BCUT2D eigenvalue weighted by Crippen LogP contribution is 2.24. The fourth-order valence-electron chi connectivity index (χ4n) is 4.26. The number of carboxylic acid groups (broad SMARTS) is 1. The number of nitrogens with two attached hydrogens (primary N) is 1. The molecular formula is C27H25Cl2N4O5+. The lowest BCUT2D eigenvalue weighted by Gasteiger charge is -2.16. The zero-order valence-electron chi connectivity index (χ0n) is 20.6. The average molecular weight is 556 g/mol. The van der Waals surface area contributed by atoms with Gasteiger partial charge in [-0.2, -0.15) is 0 Å². The molecule has 0 saturated heterocycles. The van der Waals surface area contributed by atoms with Crippen molar-refractivity contribution in [1.82, 2.24) is 14.5 Å². The third-order valence-electron chi connectivity index (χ3n) is 6.20. The monoisotopic (exact) mass is 555 g/mol. The van der Waals surface area contributed by atoms with E-state index in [-0.39, 0.29) is 22.0 Å². The molecule has 0 aliphatic carbocycles. The predicted octanol–water partition coefficient (Wildman–Crippen LogP) is 2.12. The molecule has 0 radical (unpaired) electrons. The Bertz CT molecular complexity index is 1640. The van der Waals surface area contributed by atoms with Crippen LogP contribution in [0.15, 0.2) is 70.3 Å². The molecule has 0 aliphatic rings. The van der Waals surface area contributed by atoms with Gasteiger partial charge in [0.15, 0.2) is 0 Å². The molecule has 1 amide bonds. The van der Waals surface area contributed by atoms with Gasteiger partial charge in [-0.3, -0.25) is 14.2 Å². The summed E-state index contributed by atoms with van der Waals surface area (Å²) in [6.07, 6.45) is -0.0507. The molecule has 1 aromatic heterocycles. The van der Waals surface area contributed by atoms with E-state index in [1.807, 2.05) is 18.4 Å². The fourth-order valence-corrected chi connectivity index (χ4v) is 4.83. The van der Waals surface area contributed by atoms with Crippen molar-refractivity contribution in [1.29, 1.82) is 0 Å². The minimum absolute atomic E-state index is 0.0102. The molecule has 1 heterocycles. The van der Waals surface area contributed by atoms with Gasteiger partial charge in [-0.25, -0.2) is 14.2 Å². The normalized spacial score (nSPS) is 11.9. The molecule has 0 fully saturated rings. The number of carbonyl (C=O) groups excluding carboxylic acids is 1. The number of benzene rings is 3. The number of nitrogens with zero attached hydrogens (tertiary/aromatic N) is 2. The van der Waals surface area contributed by atoms with Gasteiger partial charge in [-0.1, -0.05) is 47.5 Å². The van der Waals surface area contributed by atoms with Crippen molar-refractivity contribution >= 4 is 46.0 Å². The maximum Gasteiger partial charge on any atom is 0.335 e. The van der Waals surface area contributed by atoms with Crippen molar-refractivity contribution in [2.75, 3.05) is 7.05 Å². The van der Waals surface area contributed by atoms with E-state index in [0.29, 0.717) is 28.7 Å². The summed E-state index contributed by atoms with van der Waals surface area (Å²) in [7, 11) is 3.53. The van der Waals surface area contributed by atoms with Crippen LogP contribution in [0, 0.1) is 0 Å². The lowest BCUT2D eigenvalue weighted by molar-refractivity contribution is -0.643. The van der Waals surface area contributed by atoms with Crippen LogP contribution in [0.5, 0.6) is 0 Å². The zero-order chi connectivity index (χ0) is 27.6. The highest BCUT2D eigenvalue weighted by molar-refractivity contribution is 6.39. The molecule has 0 saturated carbocycles. The number of carbonyl (C=O) groups is 2. The number of aryl methyl sites for hydroxylation is 1. The number of quaternary nitrogens is 1. The van der Waals surface area contributed by atoms with Crippen LogP contribution < -0.4 is 21.9 Å². The first-order valence-electron chi connectivity index (χ1n) is 11.7. The van der Waals surface area contributed by atoms with E-state index in [4.69, 9.17) is 23.2 Å². The standard InChI is InChI=1S/C27H24Cl2N4O5/c1-30-14-16-8-11-22-18(12-16)25(35)33(27(38)32(22)2)17-9-6-15(7-10-17)13-21(26(36)37)31-24(34)23-19(28)4-3-5-20(23)29/h3-12,21,30H,13-14H2,1-2H3,(H,31,34)(H,36,37)/p+1/t21-/m0/s1. The summed E-state index contributed by atoms with van der Waals surface area (Å²) in [5.74, 6) is -1.96. The van der Waals surface area contributed by atoms with Crippen LogP contribution in [0.3, 0.4) is 0 Å². The van der Waals surface area contributed by atoms with Gasteiger partial charge in [0.1, 0.15) is 12.6 Å². The van der Waals surface area contributed by atoms with Gasteiger partial charge in [-0.15, -0.1) is 0 Å². The number of halogens is 2. The molecular weight excluding hydrogens is 531 g/mol. The molecule has 0 unspecified atom stereocenters. The summed E-state index contributed by atoms with van der Waals surface area (Å²) in [6, 6.07) is 15.1. The summed E-state index contributed by atoms with van der Waals surface area (Å²) >= 11 is 12.1. The first-order chi connectivity index (χ1) is 18.1. The van der Waals surface area contributed by atoms with Gasteiger partial charge in [0.25, 0.3) is 11.5 Å². The molecule has 4 N–H and O–H groups in total. The van der Waals surface area contributed by atoms with Gasteiger partial charge in [0.05, 0.1) is 39.2 Å². The Labute approximate surface area is 227 Å². The van der Waals surface area contributed by atoms with E-state index in [0.717, 1.165) is 10.1 Å². The fraction of sp³-hybridized carbons (Fsp3) is 0.185. The van der Waals surface area contributed by atoms with Crippen LogP contribution in [-0.2, 0) is 24.8 Å². The van der Waals surface area contributed by atoms with Crippen molar-refractivity contribution in [3.63, 3.8) is 0 Å². The summed E-state index contributed by atoms with van der Waals surface area (Å²) in [6.45, 7) is 0.691. The number of nitrogens with one attached hydrogen (secondary N) is 1. The van der Waals surface area contributed by atoms with Gasteiger partial charge >= 0.3 is 11.7 Å². The molecule has 0 aliphatic heterocycles. The summed E-state index contributed by atoms with van der Waals surface area (Å²) in [5, 5.41) is 14.8. The second-order valence-electron chi connectivity index (χ2n) is 8.78. The van der Waals surface area contributed by atoms with Gasteiger partial charge in [0.2, 0.25) is 0 Å². The SMILES string of the molecule is C[NH2+]Cc1ccc2c(c1)c(=O)n(-c1ccc(C[C@H](NC(=O)c3c(Cl)cccc3Cl)C(=O)O)cc1)c(=O)n2C. The summed E-state index contributed by atoms with van der Waals surface area (Å²) < 4.78 is 2.50. The molecule has 0 bridgehead atoms. The van der Waals surface area contributed by atoms with E-state index >= 15 is 0 Å². The Kier molecular flexibility index (Phi) is 8.01. The van der Waals surface area contributed by atoms with E-state index in [1.165, 1.54) is 16.7 Å². The molecule has 1 atom stereocenters. The van der Waals surface area contributed by atoms with E-state index in [9.17, 15) is 24.3 Å². The largest absolute Gasteiger partial charge is 0.480 e. The van der Waals surface area contributed by atoms with Crippen molar-refractivity contribution < 1.29 is 20.0 Å². The van der Waals surface area contributed by atoms with Crippen molar-refractivity contribution in [3.8, 4) is 5.69 Å². The van der Waals surface area contributed by atoms with Crippen LogP contribution >= 0.6 is 23.2 Å². The topological polar surface area (TPSA) is 127 Å². The van der Waals surface area contributed by atoms with Crippen molar-refractivity contribution in [2.24, 2.45) is 7.05 Å². The molecule has 4 rings (SSSR count). The molecule has 4 aromatic rings. The molecule has 11 heteroatoms. The van der Waals surface area contributed by atoms with Crippen LogP contribution in [0.1, 0.15) is 21.5 Å². The lowest BCUT2D eigenvalue weighted by Crippen LogP contribution is -2.77. The van der Waals surface area contributed by atoms with Crippen molar-refractivity contribution in [3.05, 3.63) is 108 Å². The molecule has 0 spiro atoms. The van der Waals surface area contributed by atoms with Gasteiger partial charge < -0.3 is 15.7 Å². The number of carboxylic acids is 1. The number of amides is 1. The minimum Gasteiger partial charge on any atom is -0.480 e. The Morgan fingerprint density at radius 2 is 1.63 bits per heavy atom. The molecule has 9 nitrogen and oxygen atoms in total. The predicted molar refractivity (Wildman–Crippen MR) is 145 cm³/mol. The maximum atomic E-state index is 13.3. The molecule has 196 valence electrons. The van der Waals surface area contributed by atoms with Crippen LogP contribution in [0.4, 0.5) is 0 Å². The Morgan fingerprint density at radius 1 is 1.00 bits per heavy atom. The minimum atomic E-state index is -1.27. The number of fused-ring (bicyclic) bond motifs is 1. The number of aliphatic carboxylic acids is 1. The Balaban J connectivity index is 1.63. The first kappa shape index (κ1) is 27.1. The number of aromatic nitrogens is 2. The molecule has 3 aromatic carbocycles. The second kappa shape index (κ2) is 11.2. The first-order valence-corrected chi connectivity index (χ1v) is 12.5. The summed E-state index contributed by atoms with van der Waals surface area (Å²) in [5.41, 5.74) is 1.44. The highest BCUT2D eigenvalue weighted by Gasteiger charge is 2.24. The quantitative estimate of drug-likeness (QED) is 0.307. The Morgan fingerprint density at radius 3 is 2.24 bits per heavy atom. The smallest absolute Gasteiger partial charge is 0.335 e. The lowest BCUT2D eigenvalue weighted by atomic mass is 10.0. The van der Waals surface area contributed by atoms with E-state index in [1.54, 1.807) is 49.5 Å². The third-order valence-corrected chi connectivity index (χ3v) is 6.83.